The fraction of sp³-hybridized carbons (Fsp3) is 0.0588. The maximum absolute atomic E-state index is 11.9. The molecule has 1 aromatic heterocycles. The van der Waals surface area contributed by atoms with E-state index in [4.69, 9.17) is 16.3 Å². The Labute approximate surface area is 127 Å². The van der Waals surface area contributed by atoms with Gasteiger partial charge >= 0.3 is 5.97 Å². The molecule has 0 atom stereocenters. The monoisotopic (exact) mass is 297 g/mol. The van der Waals surface area contributed by atoms with Crippen molar-refractivity contribution in [2.24, 2.45) is 0 Å². The number of carbonyl (C=O) groups excluding carboxylic acids is 1. The summed E-state index contributed by atoms with van der Waals surface area (Å²) < 4.78 is 5.26. The molecule has 0 aliphatic heterocycles. The van der Waals surface area contributed by atoms with Crippen molar-refractivity contribution in [2.75, 3.05) is 0 Å². The minimum Gasteiger partial charge on any atom is -0.456 e. The molecule has 0 saturated heterocycles. The second-order valence-electron chi connectivity index (χ2n) is 4.58. The molecule has 21 heavy (non-hydrogen) atoms. The number of pyridine rings is 1. The van der Waals surface area contributed by atoms with Crippen LogP contribution in [0.3, 0.4) is 0 Å². The SMILES string of the molecule is O=C(OCc1ccc2ccc(Cl)cc2n1)c1ccccc1. The van der Waals surface area contributed by atoms with Gasteiger partial charge in [0, 0.05) is 10.4 Å². The van der Waals surface area contributed by atoms with Gasteiger partial charge in [-0.3, -0.25) is 0 Å². The molecule has 1 heterocycles. The standard InChI is InChI=1S/C17H12ClNO2/c18-14-8-6-12-7-9-15(19-16(12)10-14)11-21-17(20)13-4-2-1-3-5-13/h1-10H,11H2. The third kappa shape index (κ3) is 3.20. The number of esters is 1. The summed E-state index contributed by atoms with van der Waals surface area (Å²) in [5.74, 6) is -0.358. The molecule has 3 rings (SSSR count). The molecule has 3 nitrogen and oxygen atoms in total. The summed E-state index contributed by atoms with van der Waals surface area (Å²) in [7, 11) is 0. The van der Waals surface area contributed by atoms with Gasteiger partial charge in [0.1, 0.15) is 6.61 Å². The first kappa shape index (κ1) is 13.6. The summed E-state index contributed by atoms with van der Waals surface area (Å²) in [5, 5.41) is 1.63. The van der Waals surface area contributed by atoms with E-state index in [9.17, 15) is 4.79 Å². The molecule has 0 fully saturated rings. The molecule has 2 aromatic carbocycles. The Morgan fingerprint density at radius 1 is 1.05 bits per heavy atom. The van der Waals surface area contributed by atoms with Crippen molar-refractivity contribution in [1.29, 1.82) is 0 Å². The molecule has 0 bridgehead atoms. The largest absolute Gasteiger partial charge is 0.456 e. The van der Waals surface area contributed by atoms with E-state index in [-0.39, 0.29) is 12.6 Å². The summed E-state index contributed by atoms with van der Waals surface area (Å²) in [5.41, 5.74) is 2.01. The smallest absolute Gasteiger partial charge is 0.338 e. The van der Waals surface area contributed by atoms with Gasteiger partial charge in [0.15, 0.2) is 0 Å². The summed E-state index contributed by atoms with van der Waals surface area (Å²) in [6, 6.07) is 18.2. The van der Waals surface area contributed by atoms with Crippen LogP contribution in [0, 0.1) is 0 Å². The van der Waals surface area contributed by atoms with Crippen molar-refractivity contribution in [3.63, 3.8) is 0 Å². The van der Waals surface area contributed by atoms with Crippen LogP contribution in [0.5, 0.6) is 0 Å². The first-order valence-corrected chi connectivity index (χ1v) is 6.87. The first-order chi connectivity index (χ1) is 10.2. The number of halogens is 1. The second kappa shape index (κ2) is 5.94. The van der Waals surface area contributed by atoms with Crippen LogP contribution in [-0.4, -0.2) is 11.0 Å². The van der Waals surface area contributed by atoms with Crippen LogP contribution >= 0.6 is 11.6 Å². The number of hydrogen-bond acceptors (Lipinski definition) is 3. The molecule has 104 valence electrons. The van der Waals surface area contributed by atoms with Crippen molar-refractivity contribution >= 4 is 28.5 Å². The number of fused-ring (bicyclic) bond motifs is 1. The highest BCUT2D eigenvalue weighted by atomic mass is 35.5. The van der Waals surface area contributed by atoms with E-state index < -0.39 is 0 Å². The lowest BCUT2D eigenvalue weighted by atomic mass is 10.2. The first-order valence-electron chi connectivity index (χ1n) is 6.50. The lowest BCUT2D eigenvalue weighted by Crippen LogP contribution is -2.05. The quantitative estimate of drug-likeness (QED) is 0.679. The van der Waals surface area contributed by atoms with Crippen LogP contribution in [0.2, 0.25) is 5.02 Å². The highest BCUT2D eigenvalue weighted by molar-refractivity contribution is 6.31. The van der Waals surface area contributed by atoms with E-state index in [0.29, 0.717) is 16.3 Å². The molecule has 0 saturated carbocycles. The van der Waals surface area contributed by atoms with Gasteiger partial charge in [0.05, 0.1) is 16.8 Å². The van der Waals surface area contributed by atoms with Crippen LogP contribution in [0.4, 0.5) is 0 Å². The zero-order valence-electron chi connectivity index (χ0n) is 11.1. The Hall–Kier alpha value is -2.39. The Bertz CT molecular complexity index is 787. The number of nitrogens with zero attached hydrogens (tertiary/aromatic N) is 1. The van der Waals surface area contributed by atoms with E-state index in [1.54, 1.807) is 30.3 Å². The Morgan fingerprint density at radius 2 is 1.81 bits per heavy atom. The lowest BCUT2D eigenvalue weighted by Gasteiger charge is -2.06. The normalized spacial score (nSPS) is 10.5. The average molecular weight is 298 g/mol. The molecule has 3 aromatic rings. The highest BCUT2D eigenvalue weighted by Crippen LogP contribution is 2.18. The highest BCUT2D eigenvalue weighted by Gasteiger charge is 2.07. The number of rotatable bonds is 3. The number of ether oxygens (including phenoxy) is 1. The van der Waals surface area contributed by atoms with Crippen molar-refractivity contribution in [2.45, 2.75) is 6.61 Å². The number of hydrogen-bond donors (Lipinski definition) is 0. The number of carbonyl (C=O) groups is 1. The van der Waals surface area contributed by atoms with Crippen LogP contribution in [0.25, 0.3) is 10.9 Å². The van der Waals surface area contributed by atoms with Gasteiger partial charge in [-0.1, -0.05) is 41.9 Å². The fourth-order valence-corrected chi connectivity index (χ4v) is 2.18. The van der Waals surface area contributed by atoms with Crippen molar-refractivity contribution in [3.8, 4) is 0 Å². The summed E-state index contributed by atoms with van der Waals surface area (Å²) in [4.78, 5) is 16.3. The lowest BCUT2D eigenvalue weighted by molar-refractivity contribution is 0.0468. The zero-order valence-corrected chi connectivity index (χ0v) is 11.9. The predicted molar refractivity (Wildman–Crippen MR) is 82.3 cm³/mol. The molecule has 0 aliphatic carbocycles. The molecule has 0 radical (unpaired) electrons. The van der Waals surface area contributed by atoms with Gasteiger partial charge in [-0.05, 0) is 30.3 Å². The Kier molecular flexibility index (Phi) is 3.84. The average Bonchev–Trinajstić information content (AvgIpc) is 2.53. The van der Waals surface area contributed by atoms with E-state index in [0.717, 1.165) is 10.9 Å². The molecule has 0 amide bonds. The Morgan fingerprint density at radius 3 is 2.62 bits per heavy atom. The van der Waals surface area contributed by atoms with Gasteiger partial charge in [0.2, 0.25) is 0 Å². The van der Waals surface area contributed by atoms with E-state index >= 15 is 0 Å². The van der Waals surface area contributed by atoms with Gasteiger partial charge < -0.3 is 4.74 Å². The molecule has 0 aliphatic rings. The molecule has 0 unspecified atom stereocenters. The van der Waals surface area contributed by atoms with Gasteiger partial charge in [-0.15, -0.1) is 0 Å². The van der Waals surface area contributed by atoms with Gasteiger partial charge in [0.25, 0.3) is 0 Å². The molecule has 4 heteroatoms. The van der Waals surface area contributed by atoms with Crippen molar-refractivity contribution in [1.82, 2.24) is 4.98 Å². The summed E-state index contributed by atoms with van der Waals surface area (Å²) in [6.07, 6.45) is 0. The second-order valence-corrected chi connectivity index (χ2v) is 5.02. The minimum atomic E-state index is -0.358. The van der Waals surface area contributed by atoms with Crippen LogP contribution in [0.1, 0.15) is 16.1 Å². The fourth-order valence-electron chi connectivity index (χ4n) is 2.01. The predicted octanol–water partition coefficient (Wildman–Crippen LogP) is 4.25. The minimum absolute atomic E-state index is 0.135. The topological polar surface area (TPSA) is 39.2 Å². The van der Waals surface area contributed by atoms with Gasteiger partial charge in [-0.2, -0.15) is 0 Å². The molecular formula is C17H12ClNO2. The third-order valence-corrected chi connectivity index (χ3v) is 3.31. The molecular weight excluding hydrogens is 286 g/mol. The van der Waals surface area contributed by atoms with Gasteiger partial charge in [-0.25, -0.2) is 9.78 Å². The molecule has 0 spiro atoms. The van der Waals surface area contributed by atoms with Crippen molar-refractivity contribution in [3.05, 3.63) is 76.9 Å². The maximum Gasteiger partial charge on any atom is 0.338 e. The van der Waals surface area contributed by atoms with Crippen LogP contribution in [-0.2, 0) is 11.3 Å². The number of benzene rings is 2. The number of aromatic nitrogens is 1. The van der Waals surface area contributed by atoms with Crippen LogP contribution < -0.4 is 0 Å². The van der Waals surface area contributed by atoms with Crippen LogP contribution in [0.15, 0.2) is 60.7 Å². The van der Waals surface area contributed by atoms with E-state index in [2.05, 4.69) is 4.98 Å². The zero-order chi connectivity index (χ0) is 14.7. The molecule has 0 N–H and O–H groups in total. The third-order valence-electron chi connectivity index (χ3n) is 3.07. The van der Waals surface area contributed by atoms with E-state index in [1.807, 2.05) is 30.3 Å². The summed E-state index contributed by atoms with van der Waals surface area (Å²) >= 11 is 5.95. The van der Waals surface area contributed by atoms with E-state index in [1.165, 1.54) is 0 Å². The maximum atomic E-state index is 11.9. The Balaban J connectivity index is 1.75. The van der Waals surface area contributed by atoms with Crippen molar-refractivity contribution < 1.29 is 9.53 Å². The summed E-state index contributed by atoms with van der Waals surface area (Å²) in [6.45, 7) is 0.135.